The fraction of sp³-hybridized carbons (Fsp3) is 0.429. The van der Waals surface area contributed by atoms with Crippen LogP contribution in [0.15, 0.2) is 29.4 Å². The Morgan fingerprint density at radius 1 is 1.40 bits per heavy atom. The molecule has 2 aromatic rings. The summed E-state index contributed by atoms with van der Waals surface area (Å²) in [7, 11) is -2.54. The van der Waals surface area contributed by atoms with Crippen LogP contribution in [0.4, 0.5) is 19.0 Å². The predicted molar refractivity (Wildman–Crippen MR) is 128 cm³/mol. The number of rotatable bonds is 5. The fourth-order valence-corrected chi connectivity index (χ4v) is 7.98. The summed E-state index contributed by atoms with van der Waals surface area (Å²) in [5, 5.41) is 1.76. The first-order valence-corrected chi connectivity index (χ1v) is 12.6. The molecular weight excluding hydrogens is 509 g/mol. The molecule has 1 fully saturated rings. The summed E-state index contributed by atoms with van der Waals surface area (Å²) in [5.74, 6) is -1.65. The molecule has 1 unspecified atom stereocenters. The molecule has 2 aliphatic heterocycles. The number of halogens is 4. The molecule has 4 rings (SSSR count). The Bertz CT molecular complexity index is 1220. The summed E-state index contributed by atoms with van der Waals surface area (Å²) in [6.07, 6.45) is 1.45. The molecular formula is C21H24ClF3N6O3S. The van der Waals surface area contributed by atoms with Gasteiger partial charge in [0.05, 0.1) is 21.2 Å². The van der Waals surface area contributed by atoms with Gasteiger partial charge in [-0.2, -0.15) is 8.78 Å². The van der Waals surface area contributed by atoms with Crippen molar-refractivity contribution >= 4 is 39.7 Å². The van der Waals surface area contributed by atoms with Crippen LogP contribution in [0.25, 0.3) is 0 Å². The molecule has 9 nitrogen and oxygen atoms in total. The number of fused-ring (bicyclic) bond motifs is 1. The van der Waals surface area contributed by atoms with Crippen molar-refractivity contribution in [1.82, 2.24) is 14.7 Å². The largest absolute Gasteiger partial charge is 0.433 e. The quantitative estimate of drug-likeness (QED) is 0.456. The fourth-order valence-electron chi connectivity index (χ4n) is 4.38. The monoisotopic (exact) mass is 532 g/mol. The highest BCUT2D eigenvalue weighted by molar-refractivity contribution is 8.29. The number of aromatic nitrogens is 2. The summed E-state index contributed by atoms with van der Waals surface area (Å²) < 4.78 is 58.0. The highest BCUT2D eigenvalue weighted by Crippen LogP contribution is 2.67. The molecule has 2 aromatic heterocycles. The molecule has 0 bridgehead atoms. The van der Waals surface area contributed by atoms with Gasteiger partial charge >= 0.3 is 6.61 Å². The van der Waals surface area contributed by atoms with E-state index in [-0.39, 0.29) is 33.8 Å². The number of amidine groups is 1. The minimum Gasteiger partial charge on any atom is -0.433 e. The van der Waals surface area contributed by atoms with E-state index in [1.807, 2.05) is 0 Å². The zero-order chi connectivity index (χ0) is 25.8. The van der Waals surface area contributed by atoms with Gasteiger partial charge in [-0.25, -0.2) is 14.4 Å². The van der Waals surface area contributed by atoms with E-state index in [2.05, 4.69) is 29.7 Å². The van der Waals surface area contributed by atoms with Crippen molar-refractivity contribution in [2.24, 2.45) is 10.7 Å². The van der Waals surface area contributed by atoms with Gasteiger partial charge in [-0.15, -0.1) is 0 Å². The summed E-state index contributed by atoms with van der Waals surface area (Å²) in [6, 6.07) is 3.40. The maximum absolute atomic E-state index is 15.1. The van der Waals surface area contributed by atoms with Crippen molar-refractivity contribution in [3.8, 4) is 5.75 Å². The van der Waals surface area contributed by atoms with Gasteiger partial charge < -0.3 is 20.3 Å². The van der Waals surface area contributed by atoms with Crippen molar-refractivity contribution in [3.63, 3.8) is 0 Å². The maximum atomic E-state index is 15.1. The number of nitrogens with zero attached hydrogens (tertiary/aromatic N) is 3. The van der Waals surface area contributed by atoms with E-state index in [1.54, 1.807) is 20.8 Å². The van der Waals surface area contributed by atoms with Crippen LogP contribution in [-0.4, -0.2) is 49.4 Å². The molecule has 2 aliphatic rings. The molecule has 35 heavy (non-hydrogen) atoms. The molecule has 5 N–H and O–H groups in total. The van der Waals surface area contributed by atoms with Crippen molar-refractivity contribution in [2.75, 3.05) is 11.9 Å². The van der Waals surface area contributed by atoms with E-state index in [9.17, 15) is 18.1 Å². The second-order valence-corrected chi connectivity index (χ2v) is 12.4. The standard InChI is InChI=1S/C21H24ClF3N6O3S/c1-20(2)18(26)31-21(3,13-6-7-28-35(13,20)33)16-12(23)4-5-14(29-16)30-17(32)15-11(22)8-10(9-27-15)34-19(24)25/h4-5,8-9,13,19,28,33H,6-7H2,1-3H3,(H2,26,31)(H,29,30,32)/t13-,21-/m0/s1. The van der Waals surface area contributed by atoms with Gasteiger partial charge in [-0.05, 0) is 39.3 Å². The molecule has 3 atom stereocenters. The number of nitrogens with two attached hydrogens (primary N) is 1. The van der Waals surface area contributed by atoms with Crippen LogP contribution in [0.5, 0.6) is 5.75 Å². The summed E-state index contributed by atoms with van der Waals surface area (Å²) in [4.78, 5) is 25.4. The topological polar surface area (TPSA) is 135 Å². The molecule has 0 aromatic carbocycles. The van der Waals surface area contributed by atoms with Crippen LogP contribution >= 0.6 is 22.1 Å². The molecule has 0 spiro atoms. The Kier molecular flexibility index (Phi) is 6.41. The van der Waals surface area contributed by atoms with Gasteiger partial charge in [0.15, 0.2) is 0 Å². The van der Waals surface area contributed by atoms with Crippen LogP contribution in [0.2, 0.25) is 5.02 Å². The van der Waals surface area contributed by atoms with Crippen molar-refractivity contribution in [2.45, 2.75) is 49.3 Å². The van der Waals surface area contributed by atoms with Gasteiger partial charge in [0.25, 0.3) is 5.91 Å². The molecule has 0 saturated carbocycles. The van der Waals surface area contributed by atoms with Crippen LogP contribution in [0, 0.1) is 5.82 Å². The van der Waals surface area contributed by atoms with Gasteiger partial charge in [0.2, 0.25) is 0 Å². The average molecular weight is 533 g/mol. The number of aliphatic imine (C=N–C) groups is 1. The number of hydrogen-bond donors (Lipinski definition) is 4. The lowest BCUT2D eigenvalue weighted by Crippen LogP contribution is -2.57. The summed E-state index contributed by atoms with van der Waals surface area (Å²) in [5.41, 5.74) is 4.58. The van der Waals surface area contributed by atoms with Crippen LogP contribution < -0.4 is 20.5 Å². The molecule has 1 amide bonds. The van der Waals surface area contributed by atoms with Gasteiger partial charge in [0.1, 0.15) is 40.1 Å². The van der Waals surface area contributed by atoms with Gasteiger partial charge in [0, 0.05) is 12.6 Å². The van der Waals surface area contributed by atoms with E-state index in [1.165, 1.54) is 6.07 Å². The molecule has 0 aliphatic carbocycles. The molecule has 4 heterocycles. The first kappa shape index (κ1) is 25.5. The number of amides is 1. The highest BCUT2D eigenvalue weighted by Gasteiger charge is 2.61. The molecule has 1 saturated heterocycles. The number of pyridine rings is 2. The van der Waals surface area contributed by atoms with Gasteiger partial charge in [-0.3, -0.25) is 14.5 Å². The summed E-state index contributed by atoms with van der Waals surface area (Å²) >= 11 is 6.00. The number of alkyl halides is 2. The Labute approximate surface area is 206 Å². The smallest absolute Gasteiger partial charge is 0.387 e. The number of anilines is 1. The van der Waals surface area contributed by atoms with Crippen LogP contribution in [0.1, 0.15) is 43.4 Å². The first-order valence-electron chi connectivity index (χ1n) is 10.5. The third kappa shape index (κ3) is 4.20. The zero-order valence-corrected chi connectivity index (χ0v) is 20.6. The molecule has 0 radical (unpaired) electrons. The highest BCUT2D eigenvalue weighted by atomic mass is 35.5. The number of nitrogens with one attached hydrogen (secondary N) is 2. The number of ether oxygens (including phenoxy) is 1. The number of carbonyl (C=O) groups is 1. The van der Waals surface area contributed by atoms with E-state index in [0.717, 1.165) is 18.3 Å². The van der Waals surface area contributed by atoms with Crippen molar-refractivity contribution in [1.29, 1.82) is 0 Å². The second kappa shape index (κ2) is 8.80. The molecule has 190 valence electrons. The Morgan fingerprint density at radius 2 is 2.11 bits per heavy atom. The van der Waals surface area contributed by atoms with E-state index >= 15 is 4.39 Å². The number of hydrogen-bond acceptors (Lipinski definition) is 8. The lowest BCUT2D eigenvalue weighted by Gasteiger charge is -2.55. The van der Waals surface area contributed by atoms with Crippen molar-refractivity contribution < 1.29 is 27.3 Å². The average Bonchev–Trinajstić information content (AvgIpc) is 3.18. The Hall–Kier alpha value is -2.61. The Morgan fingerprint density at radius 3 is 2.77 bits per heavy atom. The van der Waals surface area contributed by atoms with Gasteiger partial charge in [-0.1, -0.05) is 22.1 Å². The third-order valence-corrected chi connectivity index (χ3v) is 10.6. The van der Waals surface area contributed by atoms with Crippen molar-refractivity contribution in [3.05, 3.63) is 46.6 Å². The lowest BCUT2D eigenvalue weighted by molar-refractivity contribution is -0.0500. The maximum Gasteiger partial charge on any atom is 0.387 e. The number of carbonyl (C=O) groups excluding carboxylic acids is 1. The minimum atomic E-state index is -3.08. The van der Waals surface area contributed by atoms with E-state index in [4.69, 9.17) is 17.3 Å². The van der Waals surface area contributed by atoms with Crippen LogP contribution in [0.3, 0.4) is 0 Å². The lowest BCUT2D eigenvalue weighted by atomic mass is 9.90. The summed E-state index contributed by atoms with van der Waals surface area (Å²) in [6.45, 7) is 2.67. The third-order valence-electron chi connectivity index (χ3n) is 6.34. The predicted octanol–water partition coefficient (Wildman–Crippen LogP) is 4.04. The normalized spacial score (nSPS) is 29.2. The Balaban J connectivity index is 1.67. The molecule has 14 heteroatoms. The zero-order valence-electron chi connectivity index (χ0n) is 19.0. The minimum absolute atomic E-state index is 0.0264. The van der Waals surface area contributed by atoms with E-state index in [0.29, 0.717) is 13.0 Å². The first-order chi connectivity index (χ1) is 16.3. The SMILES string of the molecule is CC1(C)C(N)=N[C@](C)(c2nc(NC(=O)c3ncc(OC(F)F)cc3Cl)ccc2F)[C@@H]2CCNS21O. The second-order valence-electron chi connectivity index (χ2n) is 8.81. The van der Waals surface area contributed by atoms with E-state index < -0.39 is 44.4 Å². The van der Waals surface area contributed by atoms with Crippen LogP contribution in [-0.2, 0) is 5.54 Å².